The van der Waals surface area contributed by atoms with Crippen LogP contribution in [0.25, 0.3) is 6.08 Å². The highest BCUT2D eigenvalue weighted by Crippen LogP contribution is 2.35. The van der Waals surface area contributed by atoms with E-state index in [-0.39, 0.29) is 17.2 Å². The molecule has 1 N–H and O–H groups in total. The molecule has 2 aromatic carbocycles. The maximum atomic E-state index is 13.0. The first-order valence-corrected chi connectivity index (χ1v) is 9.21. The van der Waals surface area contributed by atoms with Crippen molar-refractivity contribution >= 4 is 35.0 Å². The molecule has 1 aliphatic heterocycles. The fourth-order valence-corrected chi connectivity index (χ4v) is 3.43. The molecule has 2 aromatic rings. The molecule has 0 spiro atoms. The Kier molecular flexibility index (Phi) is 6.18. The number of carboxylic acids is 1. The third kappa shape index (κ3) is 4.94. The summed E-state index contributed by atoms with van der Waals surface area (Å²) in [5.41, 5.74) is 1.22. The summed E-state index contributed by atoms with van der Waals surface area (Å²) in [5, 5.41) is 8.29. The Bertz CT molecular complexity index is 989. The Morgan fingerprint density at radius 3 is 2.55 bits per heavy atom. The number of hydrogen-bond acceptors (Lipinski definition) is 6. The Hall–Kier alpha value is -3.33. The lowest BCUT2D eigenvalue weighted by atomic mass is 10.1. The number of carbonyl (C=O) groups is 3. The zero-order chi connectivity index (χ0) is 21.0. The van der Waals surface area contributed by atoms with Crippen molar-refractivity contribution in [2.24, 2.45) is 0 Å². The van der Waals surface area contributed by atoms with Gasteiger partial charge >= 0.3 is 5.97 Å². The number of rotatable bonds is 7. The van der Waals surface area contributed by atoms with Gasteiger partial charge in [0.2, 0.25) is 0 Å². The van der Waals surface area contributed by atoms with Gasteiger partial charge in [-0.2, -0.15) is 0 Å². The SMILES string of the molecule is COc1cc(C=C2SC(=O)N(Cc3ccc(F)cc3)C2=O)ccc1OCC(=O)O. The van der Waals surface area contributed by atoms with E-state index in [1.807, 2.05) is 0 Å². The molecular formula is C20H16FNO6S. The minimum absolute atomic E-state index is 0.0492. The number of imide groups is 1. The highest BCUT2D eigenvalue weighted by atomic mass is 32.2. The van der Waals surface area contributed by atoms with Gasteiger partial charge in [-0.25, -0.2) is 9.18 Å². The van der Waals surface area contributed by atoms with E-state index in [1.54, 1.807) is 18.2 Å². The first-order chi connectivity index (χ1) is 13.9. The second-order valence-corrected chi connectivity index (χ2v) is 6.98. The summed E-state index contributed by atoms with van der Waals surface area (Å²) in [6.45, 7) is -0.467. The summed E-state index contributed by atoms with van der Waals surface area (Å²) >= 11 is 0.806. The summed E-state index contributed by atoms with van der Waals surface area (Å²) in [7, 11) is 1.41. The summed E-state index contributed by atoms with van der Waals surface area (Å²) in [6, 6.07) is 10.3. The van der Waals surface area contributed by atoms with Crippen LogP contribution in [0.1, 0.15) is 11.1 Å². The molecule has 2 amide bonds. The largest absolute Gasteiger partial charge is 0.493 e. The van der Waals surface area contributed by atoms with Gasteiger partial charge in [0.05, 0.1) is 18.6 Å². The predicted octanol–water partition coefficient (Wildman–Crippen LogP) is 3.53. The quantitative estimate of drug-likeness (QED) is 0.689. The fourth-order valence-electron chi connectivity index (χ4n) is 2.59. The van der Waals surface area contributed by atoms with Crippen LogP contribution >= 0.6 is 11.8 Å². The van der Waals surface area contributed by atoms with Crippen molar-refractivity contribution in [1.29, 1.82) is 0 Å². The molecule has 3 rings (SSSR count). The number of carbonyl (C=O) groups excluding carboxylic acids is 2. The second-order valence-electron chi connectivity index (χ2n) is 5.99. The van der Waals surface area contributed by atoms with E-state index in [0.717, 1.165) is 16.7 Å². The minimum atomic E-state index is -1.12. The average Bonchev–Trinajstić information content (AvgIpc) is 2.95. The molecule has 0 radical (unpaired) electrons. The number of aliphatic carboxylic acids is 1. The third-order valence-electron chi connectivity index (χ3n) is 3.96. The van der Waals surface area contributed by atoms with Crippen LogP contribution in [0.15, 0.2) is 47.4 Å². The number of benzene rings is 2. The van der Waals surface area contributed by atoms with Crippen LogP contribution in [-0.2, 0) is 16.1 Å². The summed E-state index contributed by atoms with van der Waals surface area (Å²) in [4.78, 5) is 36.8. The molecule has 9 heteroatoms. The van der Waals surface area contributed by atoms with Gasteiger partial charge in [-0.3, -0.25) is 14.5 Å². The molecule has 0 aromatic heterocycles. The number of methoxy groups -OCH3 is 1. The maximum Gasteiger partial charge on any atom is 0.341 e. The Labute approximate surface area is 169 Å². The van der Waals surface area contributed by atoms with Gasteiger partial charge in [-0.1, -0.05) is 18.2 Å². The van der Waals surface area contributed by atoms with Gasteiger partial charge in [0.15, 0.2) is 18.1 Å². The molecule has 0 atom stereocenters. The Balaban J connectivity index is 1.78. The van der Waals surface area contributed by atoms with E-state index in [9.17, 15) is 18.8 Å². The number of halogens is 1. The molecule has 1 aliphatic rings. The van der Waals surface area contributed by atoms with Crippen LogP contribution in [0.4, 0.5) is 9.18 Å². The van der Waals surface area contributed by atoms with Crippen LogP contribution in [0.3, 0.4) is 0 Å². The molecule has 1 heterocycles. The molecule has 0 saturated carbocycles. The van der Waals surface area contributed by atoms with Gasteiger partial charge in [0.1, 0.15) is 5.82 Å². The van der Waals surface area contributed by atoms with Gasteiger partial charge < -0.3 is 14.6 Å². The number of hydrogen-bond donors (Lipinski definition) is 1. The summed E-state index contributed by atoms with van der Waals surface area (Å²) in [6.07, 6.45) is 1.54. The molecule has 0 unspecified atom stereocenters. The molecule has 1 fully saturated rings. The molecule has 7 nitrogen and oxygen atoms in total. The van der Waals surface area contributed by atoms with Crippen molar-refractivity contribution in [3.8, 4) is 11.5 Å². The van der Waals surface area contributed by atoms with Gasteiger partial charge in [-0.15, -0.1) is 0 Å². The standard InChI is InChI=1S/C20H16FNO6S/c1-27-16-8-13(4-7-15(16)28-11-18(23)24)9-17-19(25)22(20(26)29-17)10-12-2-5-14(21)6-3-12/h2-9H,10-11H2,1H3,(H,23,24). The fraction of sp³-hybridized carbons (Fsp3) is 0.150. The van der Waals surface area contributed by atoms with Crippen LogP contribution in [0.5, 0.6) is 11.5 Å². The van der Waals surface area contributed by atoms with Crippen molar-refractivity contribution < 1.29 is 33.4 Å². The van der Waals surface area contributed by atoms with Crippen molar-refractivity contribution in [3.63, 3.8) is 0 Å². The number of carboxylic acid groups (broad SMARTS) is 1. The van der Waals surface area contributed by atoms with Gasteiger partial charge in [0.25, 0.3) is 11.1 Å². The molecule has 29 heavy (non-hydrogen) atoms. The zero-order valence-corrected chi connectivity index (χ0v) is 16.1. The van der Waals surface area contributed by atoms with Crippen LogP contribution < -0.4 is 9.47 Å². The molecule has 150 valence electrons. The van der Waals surface area contributed by atoms with Crippen LogP contribution in [0, 0.1) is 5.82 Å². The average molecular weight is 417 g/mol. The topological polar surface area (TPSA) is 93.1 Å². The smallest absolute Gasteiger partial charge is 0.341 e. The number of ether oxygens (including phenoxy) is 2. The lowest BCUT2D eigenvalue weighted by Crippen LogP contribution is -2.27. The van der Waals surface area contributed by atoms with E-state index in [2.05, 4.69) is 0 Å². The third-order valence-corrected chi connectivity index (χ3v) is 4.87. The molecule has 0 bridgehead atoms. The highest BCUT2D eigenvalue weighted by Gasteiger charge is 2.35. The van der Waals surface area contributed by atoms with Crippen molar-refractivity contribution in [1.82, 2.24) is 4.90 Å². The lowest BCUT2D eigenvalue weighted by Gasteiger charge is -2.12. The van der Waals surface area contributed by atoms with E-state index < -0.39 is 29.5 Å². The summed E-state index contributed by atoms with van der Waals surface area (Å²) in [5.74, 6) is -1.42. The monoisotopic (exact) mass is 417 g/mol. The Morgan fingerprint density at radius 1 is 1.17 bits per heavy atom. The van der Waals surface area contributed by atoms with E-state index in [4.69, 9.17) is 14.6 Å². The number of nitrogens with zero attached hydrogens (tertiary/aromatic N) is 1. The molecule has 1 saturated heterocycles. The number of amides is 2. The van der Waals surface area contributed by atoms with Crippen LogP contribution in [-0.4, -0.2) is 40.8 Å². The normalized spacial score (nSPS) is 15.1. The first-order valence-electron chi connectivity index (χ1n) is 8.40. The van der Waals surface area contributed by atoms with E-state index in [1.165, 1.54) is 37.4 Å². The zero-order valence-electron chi connectivity index (χ0n) is 15.3. The second kappa shape index (κ2) is 8.78. The maximum absolute atomic E-state index is 13.0. The predicted molar refractivity (Wildman–Crippen MR) is 104 cm³/mol. The number of thioether (sulfide) groups is 1. The van der Waals surface area contributed by atoms with Crippen molar-refractivity contribution in [3.05, 3.63) is 64.3 Å². The van der Waals surface area contributed by atoms with Gasteiger partial charge in [0, 0.05) is 0 Å². The van der Waals surface area contributed by atoms with Gasteiger partial charge in [-0.05, 0) is 53.2 Å². The Morgan fingerprint density at radius 2 is 1.90 bits per heavy atom. The van der Waals surface area contributed by atoms with Crippen molar-refractivity contribution in [2.75, 3.05) is 13.7 Å². The first kappa shape index (κ1) is 20.4. The summed E-state index contributed by atoms with van der Waals surface area (Å²) < 4.78 is 23.4. The molecular weight excluding hydrogens is 401 g/mol. The lowest BCUT2D eigenvalue weighted by molar-refractivity contribution is -0.139. The van der Waals surface area contributed by atoms with E-state index >= 15 is 0 Å². The van der Waals surface area contributed by atoms with Crippen LogP contribution in [0.2, 0.25) is 0 Å². The van der Waals surface area contributed by atoms with E-state index in [0.29, 0.717) is 16.9 Å². The minimum Gasteiger partial charge on any atom is -0.493 e. The highest BCUT2D eigenvalue weighted by molar-refractivity contribution is 8.18. The van der Waals surface area contributed by atoms with Crippen molar-refractivity contribution in [2.45, 2.75) is 6.54 Å². The molecule has 0 aliphatic carbocycles.